The van der Waals surface area contributed by atoms with Crippen LogP contribution < -0.4 is 16.0 Å². The molecule has 0 aliphatic heterocycles. The Morgan fingerprint density at radius 1 is 1.43 bits per heavy atom. The van der Waals surface area contributed by atoms with Gasteiger partial charge < -0.3 is 10.5 Å². The summed E-state index contributed by atoms with van der Waals surface area (Å²) < 4.78 is 6.54. The van der Waals surface area contributed by atoms with E-state index in [1.807, 2.05) is 18.2 Å². The number of nitrogen functional groups attached to an aromatic ring is 1. The maximum absolute atomic E-state index is 11.9. The zero-order valence-electron chi connectivity index (χ0n) is 11.6. The van der Waals surface area contributed by atoms with E-state index in [0.717, 1.165) is 10.2 Å². The highest BCUT2D eigenvalue weighted by molar-refractivity contribution is 5.83. The van der Waals surface area contributed by atoms with Crippen molar-refractivity contribution in [2.75, 3.05) is 12.3 Å². The average molecular weight is 281 g/mol. The van der Waals surface area contributed by atoms with Crippen molar-refractivity contribution >= 4 is 12.0 Å². The van der Waals surface area contributed by atoms with Crippen molar-refractivity contribution in [2.24, 2.45) is 5.10 Å². The lowest BCUT2D eigenvalue weighted by atomic mass is 10.2. The molecule has 106 valence electrons. The second-order valence-corrected chi connectivity index (χ2v) is 4.38. The number of hydrogen-bond acceptors (Lipinski definition) is 4. The lowest BCUT2D eigenvalue weighted by molar-refractivity contribution is 0.370. The van der Waals surface area contributed by atoms with Crippen molar-refractivity contribution < 1.29 is 4.74 Å². The Hall–Kier alpha value is -3.00. The third kappa shape index (κ3) is 3.51. The Balaban J connectivity index is 2.35. The number of anilines is 1. The second-order valence-electron chi connectivity index (χ2n) is 4.38. The number of pyridine rings is 1. The van der Waals surface area contributed by atoms with E-state index in [0.29, 0.717) is 11.3 Å². The Morgan fingerprint density at radius 2 is 2.19 bits per heavy atom. The smallest absolute Gasteiger partial charge is 0.273 e. The Kier molecular flexibility index (Phi) is 4.42. The minimum absolute atomic E-state index is 0.164. The molecule has 0 amide bonds. The first-order chi connectivity index (χ1) is 10.1. The van der Waals surface area contributed by atoms with E-state index >= 15 is 0 Å². The molecular formula is C16H15N3O2. The fourth-order valence-electron chi connectivity index (χ4n) is 1.80. The number of benzene rings is 1. The van der Waals surface area contributed by atoms with Crippen molar-refractivity contribution in [1.82, 2.24) is 4.68 Å². The van der Waals surface area contributed by atoms with Gasteiger partial charge in [0, 0.05) is 11.6 Å². The van der Waals surface area contributed by atoms with Gasteiger partial charge in [-0.3, -0.25) is 4.79 Å². The SMILES string of the molecule is C#CCOc1ccccc1/C=N\n1c(N)cc(C)cc1=O. The maximum atomic E-state index is 11.9. The molecule has 0 fully saturated rings. The van der Waals surface area contributed by atoms with Gasteiger partial charge in [-0.2, -0.15) is 9.78 Å². The van der Waals surface area contributed by atoms with E-state index in [-0.39, 0.29) is 18.0 Å². The molecule has 5 nitrogen and oxygen atoms in total. The molecule has 1 aromatic carbocycles. The van der Waals surface area contributed by atoms with Gasteiger partial charge in [0.15, 0.2) is 0 Å². The number of terminal acetylenes is 1. The molecule has 2 N–H and O–H groups in total. The number of aromatic nitrogens is 1. The van der Waals surface area contributed by atoms with Crippen molar-refractivity contribution in [3.63, 3.8) is 0 Å². The monoisotopic (exact) mass is 281 g/mol. The van der Waals surface area contributed by atoms with Gasteiger partial charge in [-0.05, 0) is 30.7 Å². The molecule has 0 radical (unpaired) electrons. The van der Waals surface area contributed by atoms with Gasteiger partial charge in [0.1, 0.15) is 18.2 Å². The predicted octanol–water partition coefficient (Wildman–Crippen LogP) is 1.63. The summed E-state index contributed by atoms with van der Waals surface area (Å²) in [6.45, 7) is 1.96. The highest BCUT2D eigenvalue weighted by Crippen LogP contribution is 2.15. The Bertz CT molecular complexity index is 770. The van der Waals surface area contributed by atoms with Crippen LogP contribution in [-0.2, 0) is 0 Å². The molecule has 0 spiro atoms. The van der Waals surface area contributed by atoms with Crippen molar-refractivity contribution in [3.05, 3.63) is 57.9 Å². The van der Waals surface area contributed by atoms with E-state index in [1.165, 1.54) is 12.3 Å². The second kappa shape index (κ2) is 6.44. The molecule has 2 rings (SSSR count). The summed E-state index contributed by atoms with van der Waals surface area (Å²) in [5.41, 5.74) is 7.01. The number of aryl methyl sites for hydroxylation is 1. The summed E-state index contributed by atoms with van der Waals surface area (Å²) in [5.74, 6) is 3.27. The van der Waals surface area contributed by atoms with E-state index in [4.69, 9.17) is 16.9 Å². The zero-order valence-corrected chi connectivity index (χ0v) is 11.6. The van der Waals surface area contributed by atoms with Crippen LogP contribution in [0, 0.1) is 19.3 Å². The fraction of sp³-hybridized carbons (Fsp3) is 0.125. The highest BCUT2D eigenvalue weighted by atomic mass is 16.5. The molecule has 0 aliphatic rings. The summed E-state index contributed by atoms with van der Waals surface area (Å²) in [5, 5.41) is 4.11. The first-order valence-electron chi connectivity index (χ1n) is 6.30. The van der Waals surface area contributed by atoms with Crippen LogP contribution in [0.2, 0.25) is 0 Å². The van der Waals surface area contributed by atoms with E-state index < -0.39 is 0 Å². The van der Waals surface area contributed by atoms with Gasteiger partial charge in [0.2, 0.25) is 0 Å². The summed E-state index contributed by atoms with van der Waals surface area (Å²) >= 11 is 0. The third-order valence-electron chi connectivity index (χ3n) is 2.72. The first kappa shape index (κ1) is 14.4. The largest absolute Gasteiger partial charge is 0.480 e. The number of hydrogen-bond donors (Lipinski definition) is 1. The van der Waals surface area contributed by atoms with E-state index in [9.17, 15) is 4.79 Å². The minimum atomic E-state index is -0.286. The number of ether oxygens (including phenoxy) is 1. The number of rotatable bonds is 4. The summed E-state index contributed by atoms with van der Waals surface area (Å²) in [6, 6.07) is 10.4. The quantitative estimate of drug-likeness (QED) is 0.684. The van der Waals surface area contributed by atoms with Crippen molar-refractivity contribution in [1.29, 1.82) is 0 Å². The number of para-hydroxylation sites is 1. The van der Waals surface area contributed by atoms with Crippen LogP contribution in [0.1, 0.15) is 11.1 Å². The normalized spacial score (nSPS) is 10.5. The predicted molar refractivity (Wildman–Crippen MR) is 83.6 cm³/mol. The van der Waals surface area contributed by atoms with Gasteiger partial charge >= 0.3 is 0 Å². The molecular weight excluding hydrogens is 266 g/mol. The van der Waals surface area contributed by atoms with Gasteiger partial charge in [-0.25, -0.2) is 0 Å². The average Bonchev–Trinajstić information content (AvgIpc) is 2.45. The molecule has 0 unspecified atom stereocenters. The van der Waals surface area contributed by atoms with Crippen LogP contribution in [0.15, 0.2) is 46.3 Å². The lowest BCUT2D eigenvalue weighted by Gasteiger charge is -2.06. The minimum Gasteiger partial charge on any atom is -0.480 e. The summed E-state index contributed by atoms with van der Waals surface area (Å²) in [4.78, 5) is 11.9. The van der Waals surface area contributed by atoms with Crippen molar-refractivity contribution in [3.8, 4) is 18.1 Å². The molecule has 0 saturated carbocycles. The number of nitrogens with two attached hydrogens (primary N) is 1. The van der Waals surface area contributed by atoms with Gasteiger partial charge in [0.25, 0.3) is 5.56 Å². The number of nitrogens with zero attached hydrogens (tertiary/aromatic N) is 2. The van der Waals surface area contributed by atoms with Gasteiger partial charge in [-0.15, -0.1) is 6.42 Å². The summed E-state index contributed by atoms with van der Waals surface area (Å²) in [7, 11) is 0. The van der Waals surface area contributed by atoms with Crippen LogP contribution in [0.3, 0.4) is 0 Å². The van der Waals surface area contributed by atoms with Crippen LogP contribution in [0.5, 0.6) is 5.75 Å². The molecule has 1 aromatic heterocycles. The van der Waals surface area contributed by atoms with Gasteiger partial charge in [0.05, 0.1) is 6.21 Å². The summed E-state index contributed by atoms with van der Waals surface area (Å²) in [6.07, 6.45) is 6.69. The molecule has 0 saturated heterocycles. The van der Waals surface area contributed by atoms with Crippen LogP contribution >= 0.6 is 0 Å². The molecule has 0 bridgehead atoms. The zero-order chi connectivity index (χ0) is 15.2. The molecule has 21 heavy (non-hydrogen) atoms. The van der Waals surface area contributed by atoms with Gasteiger partial charge in [-0.1, -0.05) is 18.1 Å². The van der Waals surface area contributed by atoms with E-state index in [2.05, 4.69) is 11.0 Å². The lowest BCUT2D eigenvalue weighted by Crippen LogP contribution is -2.19. The molecule has 5 heteroatoms. The van der Waals surface area contributed by atoms with Crippen LogP contribution in [0.4, 0.5) is 5.82 Å². The Morgan fingerprint density at radius 3 is 2.90 bits per heavy atom. The first-order valence-corrected chi connectivity index (χ1v) is 6.30. The highest BCUT2D eigenvalue weighted by Gasteiger charge is 2.02. The standard InChI is InChI=1S/C16H15N3O2/c1-3-8-21-14-7-5-4-6-13(14)11-18-19-15(17)9-12(2)10-16(19)20/h1,4-7,9-11H,8,17H2,2H3/b18-11-. The van der Waals surface area contributed by atoms with Crippen molar-refractivity contribution in [2.45, 2.75) is 6.92 Å². The Labute approximate surface area is 122 Å². The maximum Gasteiger partial charge on any atom is 0.273 e. The van der Waals surface area contributed by atoms with E-state index in [1.54, 1.807) is 19.1 Å². The van der Waals surface area contributed by atoms with Crippen LogP contribution in [-0.4, -0.2) is 17.5 Å². The fourth-order valence-corrected chi connectivity index (χ4v) is 1.80. The van der Waals surface area contributed by atoms with Crippen LogP contribution in [0.25, 0.3) is 0 Å². The molecule has 1 heterocycles. The third-order valence-corrected chi connectivity index (χ3v) is 2.72. The topological polar surface area (TPSA) is 69.6 Å². The molecule has 2 aromatic rings. The molecule has 0 aliphatic carbocycles. The molecule has 0 atom stereocenters.